The van der Waals surface area contributed by atoms with Crippen molar-refractivity contribution >= 4 is 20.7 Å². The largest absolute Gasteiger partial charge is 0.506 e. The molecule has 17 heavy (non-hydrogen) atoms. The molecule has 0 amide bonds. The lowest BCUT2D eigenvalue weighted by molar-refractivity contribution is 0.477. The van der Waals surface area contributed by atoms with Gasteiger partial charge in [-0.05, 0) is 18.2 Å². The second kappa shape index (κ2) is 6.66. The Hall–Kier alpha value is -1.87. The number of para-hydroxylation sites is 2. The Morgan fingerprint density at radius 1 is 1.29 bits per heavy atom. The maximum atomic E-state index is 10.9. The molecule has 2 aromatic rings. The molecule has 90 valence electrons. The van der Waals surface area contributed by atoms with Crippen molar-refractivity contribution < 1.29 is 5.11 Å². The molecule has 0 bridgehead atoms. The van der Waals surface area contributed by atoms with E-state index in [4.69, 9.17) is 0 Å². The lowest BCUT2D eigenvalue weighted by atomic mass is 10.3. The van der Waals surface area contributed by atoms with E-state index in [0.29, 0.717) is 11.5 Å². The Balaban J connectivity index is 0.000000686. The van der Waals surface area contributed by atoms with Gasteiger partial charge in [0.15, 0.2) is 0 Å². The molecule has 1 atom stereocenters. The zero-order valence-corrected chi connectivity index (χ0v) is 10.5. The average Bonchev–Trinajstić information content (AvgIpc) is 2.35. The van der Waals surface area contributed by atoms with Gasteiger partial charge in [0.25, 0.3) is 0 Å². The van der Waals surface area contributed by atoms with Crippen LogP contribution >= 0.6 is 9.24 Å². The van der Waals surface area contributed by atoms with Crippen LogP contribution < -0.4 is 11.0 Å². The maximum Gasteiger partial charge on any atom is 0.346 e. The summed E-state index contributed by atoms with van der Waals surface area (Å²) in [6.45, 7) is 1.92. The highest BCUT2D eigenvalue weighted by atomic mass is 31.0. The SMILES string of the molecule is CP.O=c1nccc(Nc2ccccc2O)[nH]1. The van der Waals surface area contributed by atoms with Crippen molar-refractivity contribution in [1.82, 2.24) is 9.97 Å². The average molecular weight is 251 g/mol. The summed E-state index contributed by atoms with van der Waals surface area (Å²) in [6, 6.07) is 8.36. The number of nitrogens with zero attached hydrogens (tertiary/aromatic N) is 1. The Labute approximate surface area is 101 Å². The molecule has 2 rings (SSSR count). The highest BCUT2D eigenvalue weighted by Gasteiger charge is 1.99. The number of H-pyrrole nitrogens is 1. The molecule has 0 aliphatic carbocycles. The third-order valence-electron chi connectivity index (χ3n) is 1.85. The van der Waals surface area contributed by atoms with E-state index in [9.17, 15) is 9.90 Å². The van der Waals surface area contributed by atoms with Gasteiger partial charge >= 0.3 is 5.69 Å². The molecule has 0 saturated heterocycles. The Kier molecular flexibility index (Phi) is 5.17. The van der Waals surface area contributed by atoms with E-state index in [1.807, 2.05) is 6.66 Å². The monoisotopic (exact) mass is 251 g/mol. The molecule has 0 saturated carbocycles. The van der Waals surface area contributed by atoms with Crippen molar-refractivity contribution in [1.29, 1.82) is 0 Å². The summed E-state index contributed by atoms with van der Waals surface area (Å²) in [5, 5.41) is 12.3. The van der Waals surface area contributed by atoms with Crippen LogP contribution in [0.3, 0.4) is 0 Å². The minimum atomic E-state index is -0.435. The summed E-state index contributed by atoms with van der Waals surface area (Å²) < 4.78 is 0. The molecule has 0 aliphatic rings. The van der Waals surface area contributed by atoms with Crippen molar-refractivity contribution in [2.75, 3.05) is 12.0 Å². The lowest BCUT2D eigenvalue weighted by Crippen LogP contribution is -2.10. The Bertz CT molecular complexity index is 528. The first-order chi connectivity index (χ1) is 8.25. The highest BCUT2D eigenvalue weighted by Crippen LogP contribution is 2.23. The van der Waals surface area contributed by atoms with Gasteiger partial charge in [-0.2, -0.15) is 0 Å². The molecule has 1 unspecified atom stereocenters. The van der Waals surface area contributed by atoms with E-state index in [0.717, 1.165) is 0 Å². The molecular weight excluding hydrogens is 237 g/mol. The minimum absolute atomic E-state index is 0.121. The number of nitrogens with one attached hydrogen (secondary N) is 2. The maximum absolute atomic E-state index is 10.9. The van der Waals surface area contributed by atoms with Crippen molar-refractivity contribution in [2.24, 2.45) is 0 Å². The quantitative estimate of drug-likeness (QED) is 0.561. The van der Waals surface area contributed by atoms with Crippen molar-refractivity contribution in [3.63, 3.8) is 0 Å². The third kappa shape index (κ3) is 3.89. The van der Waals surface area contributed by atoms with E-state index in [1.165, 1.54) is 6.20 Å². The standard InChI is InChI=1S/C10H9N3O2.CH5P/c14-8-4-2-1-3-7(8)12-9-5-6-11-10(15)13-9;1-2/h1-6,14H,(H2,11,12,13,15);2H2,1H3. The van der Waals surface area contributed by atoms with Crippen LogP contribution in [0.4, 0.5) is 11.5 Å². The van der Waals surface area contributed by atoms with Crippen LogP contribution in [0.5, 0.6) is 5.75 Å². The van der Waals surface area contributed by atoms with Crippen LogP contribution in [0, 0.1) is 0 Å². The number of phenols is 1. The van der Waals surface area contributed by atoms with Gasteiger partial charge in [0.2, 0.25) is 0 Å². The number of phenolic OH excluding ortho intramolecular Hbond substituents is 1. The number of anilines is 2. The van der Waals surface area contributed by atoms with Crippen LogP contribution in [-0.2, 0) is 0 Å². The smallest absolute Gasteiger partial charge is 0.346 e. The van der Waals surface area contributed by atoms with Gasteiger partial charge in [-0.25, -0.2) is 9.78 Å². The molecule has 0 aliphatic heterocycles. The third-order valence-corrected chi connectivity index (χ3v) is 1.85. The van der Waals surface area contributed by atoms with Gasteiger partial charge in [-0.3, -0.25) is 4.98 Å². The summed E-state index contributed by atoms with van der Waals surface area (Å²) in [5.41, 5.74) is 0.0924. The van der Waals surface area contributed by atoms with Crippen molar-refractivity contribution in [3.05, 3.63) is 47.0 Å². The summed E-state index contributed by atoms with van der Waals surface area (Å²) >= 11 is 0. The van der Waals surface area contributed by atoms with Crippen LogP contribution in [0.2, 0.25) is 0 Å². The lowest BCUT2D eigenvalue weighted by Gasteiger charge is -2.06. The van der Waals surface area contributed by atoms with E-state index in [1.54, 1.807) is 30.3 Å². The fourth-order valence-electron chi connectivity index (χ4n) is 1.17. The van der Waals surface area contributed by atoms with E-state index in [2.05, 4.69) is 24.5 Å². The molecule has 5 nitrogen and oxygen atoms in total. The highest BCUT2D eigenvalue weighted by molar-refractivity contribution is 7.15. The number of rotatable bonds is 2. The molecule has 6 heteroatoms. The first-order valence-corrected chi connectivity index (χ1v) is 6.09. The predicted octanol–water partition coefficient (Wildman–Crippen LogP) is 1.71. The van der Waals surface area contributed by atoms with Gasteiger partial charge in [0.05, 0.1) is 5.69 Å². The molecule has 1 heterocycles. The van der Waals surface area contributed by atoms with Gasteiger partial charge in [0, 0.05) is 6.20 Å². The first kappa shape index (κ1) is 13.2. The Morgan fingerprint density at radius 3 is 2.65 bits per heavy atom. The van der Waals surface area contributed by atoms with E-state index < -0.39 is 5.69 Å². The zero-order valence-electron chi connectivity index (χ0n) is 9.34. The summed E-state index contributed by atoms with van der Waals surface area (Å²) in [4.78, 5) is 16.9. The number of hydrogen-bond donors (Lipinski definition) is 3. The molecule has 1 aromatic carbocycles. The number of aromatic nitrogens is 2. The fourth-order valence-corrected chi connectivity index (χ4v) is 1.17. The molecule has 3 N–H and O–H groups in total. The van der Waals surface area contributed by atoms with Crippen LogP contribution in [-0.4, -0.2) is 21.7 Å². The molecular formula is C11H14N3O2P. The van der Waals surface area contributed by atoms with Gasteiger partial charge in [-0.1, -0.05) is 18.8 Å². The molecule has 0 radical (unpaired) electrons. The number of aromatic amines is 1. The number of hydrogen-bond acceptors (Lipinski definition) is 4. The topological polar surface area (TPSA) is 78.0 Å². The first-order valence-electron chi connectivity index (χ1n) is 4.94. The number of aromatic hydroxyl groups is 1. The van der Waals surface area contributed by atoms with Gasteiger partial charge < -0.3 is 10.4 Å². The Morgan fingerprint density at radius 2 is 2.00 bits per heavy atom. The second-order valence-electron chi connectivity index (χ2n) is 2.93. The normalized spacial score (nSPS) is 9.06. The summed E-state index contributed by atoms with van der Waals surface area (Å²) in [5.74, 6) is 0.603. The van der Waals surface area contributed by atoms with E-state index in [-0.39, 0.29) is 5.75 Å². The zero-order chi connectivity index (χ0) is 12.7. The van der Waals surface area contributed by atoms with Crippen molar-refractivity contribution in [3.8, 4) is 5.75 Å². The molecule has 1 aromatic heterocycles. The van der Waals surface area contributed by atoms with E-state index >= 15 is 0 Å². The van der Waals surface area contributed by atoms with Gasteiger partial charge in [-0.15, -0.1) is 9.24 Å². The number of benzene rings is 1. The fraction of sp³-hybridized carbons (Fsp3) is 0.0909. The van der Waals surface area contributed by atoms with Crippen LogP contribution in [0.1, 0.15) is 0 Å². The minimum Gasteiger partial charge on any atom is -0.506 e. The van der Waals surface area contributed by atoms with Crippen LogP contribution in [0.25, 0.3) is 0 Å². The van der Waals surface area contributed by atoms with Gasteiger partial charge in [0.1, 0.15) is 11.6 Å². The summed E-state index contributed by atoms with van der Waals surface area (Å²) in [7, 11) is 2.42. The van der Waals surface area contributed by atoms with Crippen LogP contribution in [0.15, 0.2) is 41.3 Å². The summed E-state index contributed by atoms with van der Waals surface area (Å²) in [6.07, 6.45) is 1.39. The molecule has 0 spiro atoms. The molecule has 0 fully saturated rings. The second-order valence-corrected chi connectivity index (χ2v) is 2.93. The predicted molar refractivity (Wildman–Crippen MR) is 71.9 cm³/mol. The van der Waals surface area contributed by atoms with Crippen molar-refractivity contribution in [2.45, 2.75) is 0 Å².